The molecule has 3 aromatic rings. The van der Waals surface area contributed by atoms with Gasteiger partial charge in [0.15, 0.2) is 5.65 Å². The van der Waals surface area contributed by atoms with Gasteiger partial charge in [-0.2, -0.15) is 9.61 Å². The molecule has 0 saturated heterocycles. The molecule has 4 rings (SSSR count). The summed E-state index contributed by atoms with van der Waals surface area (Å²) in [6.45, 7) is 6.24. The SMILES string of the molecule is CCN(CCCNc1cc(-c2ccccc2O)nc2c(C)cnn12)C(=O)CC1CCCCC1. The van der Waals surface area contributed by atoms with Crippen molar-refractivity contribution in [2.75, 3.05) is 25.0 Å². The average Bonchev–Trinajstić information content (AvgIpc) is 3.20. The number of hydrogen-bond acceptors (Lipinski definition) is 5. The first kappa shape index (κ1) is 23.1. The van der Waals surface area contributed by atoms with Gasteiger partial charge in [0.1, 0.15) is 11.6 Å². The lowest BCUT2D eigenvalue weighted by Gasteiger charge is -2.26. The van der Waals surface area contributed by atoms with E-state index in [2.05, 4.69) is 17.3 Å². The summed E-state index contributed by atoms with van der Waals surface area (Å²) in [5.41, 5.74) is 3.12. The Balaban J connectivity index is 1.40. The third-order valence-electron chi connectivity index (χ3n) is 6.66. The predicted molar refractivity (Wildman–Crippen MR) is 131 cm³/mol. The molecule has 0 aliphatic heterocycles. The smallest absolute Gasteiger partial charge is 0.222 e. The fourth-order valence-corrected chi connectivity index (χ4v) is 4.74. The van der Waals surface area contributed by atoms with Crippen LogP contribution in [-0.2, 0) is 4.79 Å². The van der Waals surface area contributed by atoms with Gasteiger partial charge < -0.3 is 15.3 Å². The minimum absolute atomic E-state index is 0.201. The fourth-order valence-electron chi connectivity index (χ4n) is 4.74. The summed E-state index contributed by atoms with van der Waals surface area (Å²) in [4.78, 5) is 19.5. The standard InChI is InChI=1S/C26H35N5O2/c1-3-30(25(33)16-20-10-5-4-6-11-20)15-9-14-27-24-17-22(21-12-7-8-13-23(21)32)29-26-19(2)18-28-31(24)26/h7-8,12-13,17-18,20,27,32H,3-6,9-11,14-16H2,1-2H3. The number of anilines is 1. The Labute approximate surface area is 195 Å². The molecule has 176 valence electrons. The van der Waals surface area contributed by atoms with Gasteiger partial charge >= 0.3 is 0 Å². The number of para-hydroxylation sites is 1. The van der Waals surface area contributed by atoms with Crippen LogP contribution < -0.4 is 5.32 Å². The van der Waals surface area contributed by atoms with E-state index >= 15 is 0 Å². The van der Waals surface area contributed by atoms with Gasteiger partial charge in [0, 0.05) is 43.2 Å². The zero-order valence-electron chi connectivity index (χ0n) is 19.8. The van der Waals surface area contributed by atoms with Gasteiger partial charge in [-0.3, -0.25) is 4.79 Å². The molecule has 1 saturated carbocycles. The summed E-state index contributed by atoms with van der Waals surface area (Å²) < 4.78 is 1.80. The van der Waals surface area contributed by atoms with Crippen LogP contribution in [0.15, 0.2) is 36.5 Å². The van der Waals surface area contributed by atoms with Crippen molar-refractivity contribution in [1.82, 2.24) is 19.5 Å². The van der Waals surface area contributed by atoms with E-state index in [1.807, 2.05) is 30.0 Å². The number of nitrogens with one attached hydrogen (secondary N) is 1. The number of fused-ring (bicyclic) bond motifs is 1. The van der Waals surface area contributed by atoms with Gasteiger partial charge in [-0.15, -0.1) is 0 Å². The molecule has 1 aliphatic carbocycles. The first-order valence-electron chi connectivity index (χ1n) is 12.2. The van der Waals surface area contributed by atoms with Crippen LogP contribution >= 0.6 is 0 Å². The fraction of sp³-hybridized carbons (Fsp3) is 0.500. The Bertz CT molecular complexity index is 1090. The molecule has 1 fully saturated rings. The number of aromatic nitrogens is 3. The predicted octanol–water partition coefficient (Wildman–Crippen LogP) is 5.03. The molecule has 1 amide bonds. The zero-order chi connectivity index (χ0) is 23.2. The molecule has 1 aliphatic rings. The summed E-state index contributed by atoms with van der Waals surface area (Å²) in [7, 11) is 0. The Morgan fingerprint density at radius 3 is 2.79 bits per heavy atom. The van der Waals surface area contributed by atoms with E-state index in [0.717, 1.165) is 36.5 Å². The number of carbonyl (C=O) groups excluding carboxylic acids is 1. The Morgan fingerprint density at radius 1 is 1.24 bits per heavy atom. The maximum atomic E-state index is 12.8. The summed E-state index contributed by atoms with van der Waals surface area (Å²) in [6.07, 6.45) is 9.59. The van der Waals surface area contributed by atoms with Gasteiger partial charge in [-0.1, -0.05) is 31.4 Å². The summed E-state index contributed by atoms with van der Waals surface area (Å²) in [6, 6.07) is 9.14. The number of aromatic hydroxyl groups is 1. The van der Waals surface area contributed by atoms with Crippen LogP contribution in [0.2, 0.25) is 0 Å². The third kappa shape index (κ3) is 5.46. The van der Waals surface area contributed by atoms with Crippen molar-refractivity contribution < 1.29 is 9.90 Å². The Hall–Kier alpha value is -3.09. The van der Waals surface area contributed by atoms with Crippen LogP contribution in [0, 0.1) is 12.8 Å². The lowest BCUT2D eigenvalue weighted by atomic mass is 9.86. The van der Waals surface area contributed by atoms with Crippen molar-refractivity contribution in [3.63, 3.8) is 0 Å². The van der Waals surface area contributed by atoms with Crippen molar-refractivity contribution in [2.24, 2.45) is 5.92 Å². The molecular weight excluding hydrogens is 414 g/mol. The second-order valence-corrected chi connectivity index (χ2v) is 9.07. The average molecular weight is 450 g/mol. The number of amides is 1. The summed E-state index contributed by atoms with van der Waals surface area (Å²) in [5, 5.41) is 18.2. The maximum absolute atomic E-state index is 12.8. The summed E-state index contributed by atoms with van der Waals surface area (Å²) >= 11 is 0. The molecule has 7 nitrogen and oxygen atoms in total. The Kier molecular flexibility index (Phi) is 7.47. The molecule has 0 atom stereocenters. The Morgan fingerprint density at radius 2 is 2.03 bits per heavy atom. The number of hydrogen-bond donors (Lipinski definition) is 2. The van der Waals surface area contributed by atoms with E-state index in [-0.39, 0.29) is 5.75 Å². The lowest BCUT2D eigenvalue weighted by Crippen LogP contribution is -2.34. The van der Waals surface area contributed by atoms with Crippen LogP contribution in [0.5, 0.6) is 5.75 Å². The zero-order valence-corrected chi connectivity index (χ0v) is 19.8. The molecule has 0 unspecified atom stereocenters. The van der Waals surface area contributed by atoms with Crippen molar-refractivity contribution in [3.8, 4) is 17.0 Å². The number of phenols is 1. The molecule has 0 radical (unpaired) electrons. The largest absolute Gasteiger partial charge is 0.507 e. The highest BCUT2D eigenvalue weighted by atomic mass is 16.3. The van der Waals surface area contributed by atoms with Crippen LogP contribution in [-0.4, -0.2) is 50.1 Å². The van der Waals surface area contributed by atoms with Crippen molar-refractivity contribution in [1.29, 1.82) is 0 Å². The van der Waals surface area contributed by atoms with Crippen LogP contribution in [0.25, 0.3) is 16.9 Å². The molecule has 0 spiro atoms. The van der Waals surface area contributed by atoms with Crippen LogP contribution in [0.1, 0.15) is 57.4 Å². The second kappa shape index (κ2) is 10.7. The number of phenolic OH excluding ortho intramolecular Hbond substituents is 1. The van der Waals surface area contributed by atoms with Crippen molar-refractivity contribution in [3.05, 3.63) is 42.1 Å². The normalized spacial score (nSPS) is 14.5. The lowest BCUT2D eigenvalue weighted by molar-refractivity contribution is -0.132. The van der Waals surface area contributed by atoms with Gasteiger partial charge in [-0.25, -0.2) is 4.98 Å². The molecule has 2 aromatic heterocycles. The maximum Gasteiger partial charge on any atom is 0.222 e. The van der Waals surface area contributed by atoms with Gasteiger partial charge in [0.25, 0.3) is 0 Å². The van der Waals surface area contributed by atoms with E-state index in [1.54, 1.807) is 22.8 Å². The number of rotatable bonds is 9. The first-order valence-corrected chi connectivity index (χ1v) is 12.2. The van der Waals surface area contributed by atoms with Crippen molar-refractivity contribution >= 4 is 17.4 Å². The van der Waals surface area contributed by atoms with E-state index in [4.69, 9.17) is 4.98 Å². The molecule has 2 heterocycles. The molecular formula is C26H35N5O2. The minimum atomic E-state index is 0.201. The molecule has 2 N–H and O–H groups in total. The van der Waals surface area contributed by atoms with E-state index in [1.165, 1.54) is 32.1 Å². The van der Waals surface area contributed by atoms with E-state index in [0.29, 0.717) is 36.0 Å². The van der Waals surface area contributed by atoms with Crippen molar-refractivity contribution in [2.45, 2.75) is 58.8 Å². The quantitative estimate of drug-likeness (QED) is 0.448. The molecule has 0 bridgehead atoms. The van der Waals surface area contributed by atoms with Gasteiger partial charge in [0.2, 0.25) is 5.91 Å². The van der Waals surface area contributed by atoms with Crippen LogP contribution in [0.3, 0.4) is 0 Å². The van der Waals surface area contributed by atoms with Crippen LogP contribution in [0.4, 0.5) is 5.82 Å². The molecule has 1 aromatic carbocycles. The second-order valence-electron chi connectivity index (χ2n) is 9.07. The topological polar surface area (TPSA) is 82.8 Å². The van der Waals surface area contributed by atoms with E-state index < -0.39 is 0 Å². The van der Waals surface area contributed by atoms with E-state index in [9.17, 15) is 9.90 Å². The highest BCUT2D eigenvalue weighted by Gasteiger charge is 2.20. The first-order chi connectivity index (χ1) is 16.1. The third-order valence-corrected chi connectivity index (χ3v) is 6.66. The number of aryl methyl sites for hydroxylation is 1. The summed E-state index contributed by atoms with van der Waals surface area (Å²) in [5.74, 6) is 1.88. The highest BCUT2D eigenvalue weighted by molar-refractivity contribution is 5.76. The van der Waals surface area contributed by atoms with Gasteiger partial charge in [-0.05, 0) is 51.2 Å². The number of carbonyl (C=O) groups is 1. The highest BCUT2D eigenvalue weighted by Crippen LogP contribution is 2.30. The molecule has 33 heavy (non-hydrogen) atoms. The number of benzene rings is 1. The van der Waals surface area contributed by atoms with Gasteiger partial charge in [0.05, 0.1) is 11.9 Å². The number of nitrogens with zero attached hydrogens (tertiary/aromatic N) is 4. The molecule has 7 heteroatoms. The minimum Gasteiger partial charge on any atom is -0.507 e. The monoisotopic (exact) mass is 449 g/mol.